The van der Waals surface area contributed by atoms with Gasteiger partial charge < -0.3 is 15.6 Å². The van der Waals surface area contributed by atoms with Gasteiger partial charge in [-0.3, -0.25) is 0 Å². The van der Waals surface area contributed by atoms with Crippen molar-refractivity contribution in [2.24, 2.45) is 5.73 Å². The minimum atomic E-state index is -1.22. The van der Waals surface area contributed by atoms with Gasteiger partial charge in [-0.05, 0) is 59.0 Å². The molecule has 3 N–H and O–H groups in total. The summed E-state index contributed by atoms with van der Waals surface area (Å²) >= 11 is 2.28. The quantitative estimate of drug-likeness (QED) is 0.571. The van der Waals surface area contributed by atoms with Gasteiger partial charge in [-0.1, -0.05) is 30.3 Å². The molecule has 2 aromatic rings. The van der Waals surface area contributed by atoms with Crippen molar-refractivity contribution in [2.45, 2.75) is 12.5 Å². The minimum absolute atomic E-state index is 0.0243. The molecule has 0 radical (unpaired) electrons. The molecule has 1 atom stereocenters. The molecule has 2 aromatic carbocycles. The highest BCUT2D eigenvalue weighted by atomic mass is 127. The number of carboxylic acids is 1. The van der Waals surface area contributed by atoms with Gasteiger partial charge in [0.25, 0.3) is 0 Å². The van der Waals surface area contributed by atoms with Crippen LogP contribution in [-0.4, -0.2) is 17.6 Å². The summed E-state index contributed by atoms with van der Waals surface area (Å²) in [5.74, 6) is 1.11. The zero-order valence-corrected chi connectivity index (χ0v) is 14.6. The van der Waals surface area contributed by atoms with Gasteiger partial charge in [-0.25, -0.2) is 4.79 Å². The lowest BCUT2D eigenvalue weighted by molar-refractivity contribution is -0.130. The third-order valence-electron chi connectivity index (χ3n) is 2.82. The van der Waals surface area contributed by atoms with Crippen LogP contribution in [0.2, 0.25) is 0 Å². The minimum Gasteiger partial charge on any atom is -0.486 e. The molecule has 2 rings (SSSR count). The van der Waals surface area contributed by atoms with Gasteiger partial charge in [0.2, 0.25) is 0 Å². The Balaban J connectivity index is 0.000000463. The predicted molar refractivity (Wildman–Crippen MR) is 99.1 cm³/mol. The molecule has 0 heterocycles. The zero-order valence-electron chi connectivity index (χ0n) is 12.5. The van der Waals surface area contributed by atoms with Gasteiger partial charge in [0, 0.05) is 15.9 Å². The molecule has 0 fully saturated rings. The molecule has 0 bridgehead atoms. The van der Waals surface area contributed by atoms with Crippen molar-refractivity contribution in [3.8, 4) is 18.1 Å². The van der Waals surface area contributed by atoms with Crippen molar-refractivity contribution in [3.63, 3.8) is 0 Å². The number of carboxylic acid groups (broad SMARTS) is 1. The maximum Gasteiger partial charge on any atom is 0.381 e. The highest BCUT2D eigenvalue weighted by Crippen LogP contribution is 2.24. The van der Waals surface area contributed by atoms with Gasteiger partial charge >= 0.3 is 5.97 Å². The number of carbonyl (C=O) groups is 1. The maximum absolute atomic E-state index is 9.13. The molecule has 23 heavy (non-hydrogen) atoms. The van der Waals surface area contributed by atoms with Crippen molar-refractivity contribution in [3.05, 3.63) is 63.7 Å². The van der Waals surface area contributed by atoms with E-state index in [4.69, 9.17) is 20.4 Å². The van der Waals surface area contributed by atoms with Crippen LogP contribution in [0.1, 0.15) is 18.1 Å². The first-order chi connectivity index (χ1) is 11.1. The Morgan fingerprint density at radius 2 is 1.78 bits per heavy atom. The summed E-state index contributed by atoms with van der Waals surface area (Å²) in [5, 5.41) is 7.49. The third-order valence-corrected chi connectivity index (χ3v) is 3.53. The Morgan fingerprint density at radius 3 is 2.26 bits per heavy atom. The summed E-state index contributed by atoms with van der Waals surface area (Å²) in [4.78, 5) is 9.13. The standard InChI is InChI=1S/C15H16INO.C3H2O2/c16-13-6-8-14(9-7-13)18-15(10-11-17)12-4-2-1-3-5-12;1-2-3(4)5/h1-9,15H,10-11,17H2;1H,(H,4,5). The van der Waals surface area contributed by atoms with E-state index in [1.807, 2.05) is 42.5 Å². The molecular formula is C18H18INO3. The molecule has 0 aliphatic carbocycles. The Morgan fingerprint density at radius 1 is 1.22 bits per heavy atom. The Labute approximate surface area is 149 Å². The molecule has 0 aliphatic rings. The van der Waals surface area contributed by atoms with Crippen LogP contribution >= 0.6 is 22.6 Å². The molecule has 4 nitrogen and oxygen atoms in total. The van der Waals surface area contributed by atoms with E-state index in [9.17, 15) is 0 Å². The van der Waals surface area contributed by atoms with E-state index in [0.29, 0.717) is 6.54 Å². The Hall–Kier alpha value is -2.04. The topological polar surface area (TPSA) is 72.5 Å². The Bertz CT molecular complexity index is 636. The molecule has 0 spiro atoms. The molecule has 0 aromatic heterocycles. The highest BCUT2D eigenvalue weighted by Gasteiger charge is 2.11. The number of aliphatic carboxylic acids is 1. The number of benzene rings is 2. The zero-order chi connectivity index (χ0) is 17.1. The molecule has 0 saturated heterocycles. The molecular weight excluding hydrogens is 405 g/mol. The van der Waals surface area contributed by atoms with E-state index < -0.39 is 5.97 Å². The van der Waals surface area contributed by atoms with Gasteiger partial charge in [-0.15, -0.1) is 6.42 Å². The molecule has 0 amide bonds. The fraction of sp³-hybridized carbons (Fsp3) is 0.167. The number of nitrogens with two attached hydrogens (primary N) is 1. The van der Waals surface area contributed by atoms with E-state index in [1.54, 1.807) is 0 Å². The lowest BCUT2D eigenvalue weighted by Gasteiger charge is -2.19. The van der Waals surface area contributed by atoms with Crippen LogP contribution in [0.15, 0.2) is 54.6 Å². The Kier molecular flexibility index (Phi) is 8.80. The summed E-state index contributed by atoms with van der Waals surface area (Å²) in [5.41, 5.74) is 6.83. The second-order valence-corrected chi connectivity index (χ2v) is 5.74. The van der Waals surface area contributed by atoms with Crippen molar-refractivity contribution in [1.82, 2.24) is 0 Å². The number of hydrogen-bond acceptors (Lipinski definition) is 3. The number of terminal acetylenes is 1. The smallest absolute Gasteiger partial charge is 0.381 e. The number of halogens is 1. The molecule has 0 saturated carbocycles. The first-order valence-corrected chi connectivity index (χ1v) is 8.01. The van der Waals surface area contributed by atoms with E-state index >= 15 is 0 Å². The molecule has 0 aliphatic heterocycles. The molecule has 120 valence electrons. The first kappa shape index (κ1) is 19.0. The second kappa shape index (κ2) is 10.6. The van der Waals surface area contributed by atoms with Crippen LogP contribution in [0.25, 0.3) is 0 Å². The van der Waals surface area contributed by atoms with Crippen molar-refractivity contribution >= 4 is 28.6 Å². The number of hydrogen-bond donors (Lipinski definition) is 2. The van der Waals surface area contributed by atoms with E-state index in [0.717, 1.165) is 12.2 Å². The monoisotopic (exact) mass is 423 g/mol. The van der Waals surface area contributed by atoms with Crippen LogP contribution in [0.4, 0.5) is 0 Å². The van der Waals surface area contributed by atoms with Crippen LogP contribution in [-0.2, 0) is 4.79 Å². The summed E-state index contributed by atoms with van der Waals surface area (Å²) in [6.07, 6.45) is 5.16. The van der Waals surface area contributed by atoms with Gasteiger partial charge in [-0.2, -0.15) is 0 Å². The maximum atomic E-state index is 9.13. The van der Waals surface area contributed by atoms with Gasteiger partial charge in [0.1, 0.15) is 11.9 Å². The van der Waals surface area contributed by atoms with E-state index in [-0.39, 0.29) is 6.10 Å². The third kappa shape index (κ3) is 7.68. The second-order valence-electron chi connectivity index (χ2n) is 4.50. The number of rotatable bonds is 5. The van der Waals surface area contributed by atoms with Crippen molar-refractivity contribution in [1.29, 1.82) is 0 Å². The predicted octanol–water partition coefficient (Wildman–Crippen LogP) is 3.46. The summed E-state index contributed by atoms with van der Waals surface area (Å²) in [7, 11) is 0. The summed E-state index contributed by atoms with van der Waals surface area (Å²) < 4.78 is 7.22. The first-order valence-electron chi connectivity index (χ1n) is 6.93. The fourth-order valence-electron chi connectivity index (χ4n) is 1.79. The molecule has 5 heteroatoms. The van der Waals surface area contributed by atoms with Crippen molar-refractivity contribution in [2.75, 3.05) is 6.54 Å². The average molecular weight is 423 g/mol. The van der Waals surface area contributed by atoms with E-state index in [2.05, 4.69) is 41.1 Å². The lowest BCUT2D eigenvalue weighted by atomic mass is 10.1. The molecule has 1 unspecified atom stereocenters. The van der Waals surface area contributed by atoms with Crippen LogP contribution < -0.4 is 10.5 Å². The largest absolute Gasteiger partial charge is 0.486 e. The highest BCUT2D eigenvalue weighted by molar-refractivity contribution is 14.1. The van der Waals surface area contributed by atoms with Gasteiger partial charge in [0.05, 0.1) is 0 Å². The fourth-order valence-corrected chi connectivity index (χ4v) is 2.15. The normalized spacial score (nSPS) is 10.7. The SMILES string of the molecule is C#CC(=O)O.NCCC(Oc1ccc(I)cc1)c1ccccc1. The van der Waals surface area contributed by atoms with Crippen LogP contribution in [0.5, 0.6) is 5.75 Å². The summed E-state index contributed by atoms with van der Waals surface area (Å²) in [6, 6.07) is 18.3. The van der Waals surface area contributed by atoms with Gasteiger partial charge in [0.15, 0.2) is 0 Å². The number of ether oxygens (including phenoxy) is 1. The van der Waals surface area contributed by atoms with E-state index in [1.165, 1.54) is 15.1 Å². The average Bonchev–Trinajstić information content (AvgIpc) is 2.58. The van der Waals surface area contributed by atoms with Crippen molar-refractivity contribution < 1.29 is 14.6 Å². The lowest BCUT2D eigenvalue weighted by Crippen LogP contribution is -2.13. The van der Waals surface area contributed by atoms with Crippen LogP contribution in [0.3, 0.4) is 0 Å². The summed E-state index contributed by atoms with van der Waals surface area (Å²) in [6.45, 7) is 0.615. The van der Waals surface area contributed by atoms with Crippen LogP contribution in [0, 0.1) is 15.9 Å².